The summed E-state index contributed by atoms with van der Waals surface area (Å²) in [5, 5.41) is 0. The van der Waals surface area contributed by atoms with Crippen molar-refractivity contribution >= 4 is 8.80 Å². The second-order valence-corrected chi connectivity index (χ2v) is 18.3. The van der Waals surface area contributed by atoms with Gasteiger partial charge in [0.1, 0.15) is 17.2 Å². The van der Waals surface area contributed by atoms with Gasteiger partial charge in [0.05, 0.1) is 0 Å². The average Bonchev–Trinajstić information content (AvgIpc) is 2.81. The highest BCUT2D eigenvalue weighted by atomic mass is 28.4. The topological polar surface area (TPSA) is 30.9 Å². The smallest absolute Gasteiger partial charge is 0.483 e. The van der Waals surface area contributed by atoms with Gasteiger partial charge >= 0.3 is 8.80 Å². The summed E-state index contributed by atoms with van der Waals surface area (Å²) >= 11 is 0. The predicted octanol–water partition coefficient (Wildman–Crippen LogP) is 9.44. The van der Waals surface area contributed by atoms with Gasteiger partial charge in [0.25, 0.3) is 0 Å². The fourth-order valence-corrected chi connectivity index (χ4v) is 8.40. The van der Waals surface area contributed by atoms with Crippen LogP contribution >= 0.6 is 0 Å². The van der Waals surface area contributed by atoms with Gasteiger partial charge in [-0.1, -0.05) is 115 Å². The summed E-state index contributed by atoms with van der Waals surface area (Å²) in [4.78, 5) is 2.55. The predicted molar refractivity (Wildman–Crippen MR) is 176 cm³/mol. The molecular weight excluding hydrogens is 534 g/mol. The number of aryl methyl sites for hydroxylation is 3. The van der Waals surface area contributed by atoms with Crippen LogP contribution in [0.3, 0.4) is 0 Å². The van der Waals surface area contributed by atoms with Crippen LogP contribution in [0.25, 0.3) is 0 Å². The first-order chi connectivity index (χ1) is 19.2. The van der Waals surface area contributed by atoms with Gasteiger partial charge in [-0.25, -0.2) is 0 Å². The largest absolute Gasteiger partial charge is 0.696 e. The second-order valence-electron chi connectivity index (χ2n) is 16.0. The lowest BCUT2D eigenvalue weighted by molar-refractivity contribution is 0.206. The van der Waals surface area contributed by atoms with E-state index in [-0.39, 0.29) is 16.2 Å². The third-order valence-corrected chi connectivity index (χ3v) is 10.1. The van der Waals surface area contributed by atoms with Gasteiger partial charge in [0.2, 0.25) is 0 Å². The zero-order chi connectivity index (χ0) is 31.0. The highest BCUT2D eigenvalue weighted by molar-refractivity contribution is 6.61. The van der Waals surface area contributed by atoms with Crippen molar-refractivity contribution < 1.29 is 13.3 Å². The Kier molecular flexibility index (Phi) is 7.42. The molecule has 6 rings (SSSR count). The molecule has 5 heteroatoms. The molecule has 0 saturated carbocycles. The first-order valence-electron chi connectivity index (χ1n) is 15.4. The molecule has 3 aromatic rings. The second kappa shape index (κ2) is 10.2. The summed E-state index contributed by atoms with van der Waals surface area (Å²) < 4.78 is 21.8. The van der Waals surface area contributed by atoms with Crippen molar-refractivity contribution in [2.24, 2.45) is 0 Å². The molecule has 0 fully saturated rings. The Hall–Kier alpha value is -2.76. The zero-order valence-corrected chi connectivity index (χ0v) is 29.3. The van der Waals surface area contributed by atoms with Crippen molar-refractivity contribution in [2.45, 2.75) is 126 Å². The third-order valence-electron chi connectivity index (χ3n) is 8.40. The summed E-state index contributed by atoms with van der Waals surface area (Å²) in [6.07, 6.45) is 0. The van der Waals surface area contributed by atoms with Crippen LogP contribution in [0.5, 0.6) is 17.2 Å². The molecule has 2 bridgehead atoms. The Bertz CT molecular complexity index is 1350. The minimum Gasteiger partial charge on any atom is -0.483 e. The lowest BCUT2D eigenvalue weighted by atomic mass is 9.83. The van der Waals surface area contributed by atoms with Crippen LogP contribution in [0.15, 0.2) is 36.4 Å². The molecule has 0 spiro atoms. The molecule has 3 aliphatic rings. The Morgan fingerprint density at radius 2 is 0.762 bits per heavy atom. The summed E-state index contributed by atoms with van der Waals surface area (Å²) in [5.41, 5.74) is 10.6. The highest BCUT2D eigenvalue weighted by Crippen LogP contribution is 2.45. The Balaban J connectivity index is 1.86. The summed E-state index contributed by atoms with van der Waals surface area (Å²) in [6.45, 7) is 31.4. The molecule has 4 nitrogen and oxygen atoms in total. The van der Waals surface area contributed by atoms with E-state index < -0.39 is 8.80 Å². The SMILES string of the molecule is Cc1cc2c(c(C(C)(C)C)c1)O[Si]1(C)Oc3c(cc(C)cc3C(C)(C)C)CN(C2)Cc2cc(C)cc(C(C)(C)C)c2O1. The molecule has 0 amide bonds. The van der Waals surface area contributed by atoms with E-state index in [4.69, 9.17) is 13.3 Å². The number of benzene rings is 3. The van der Waals surface area contributed by atoms with Crippen molar-refractivity contribution in [3.05, 3.63) is 86.5 Å². The number of rotatable bonds is 0. The van der Waals surface area contributed by atoms with Crippen LogP contribution in [0.1, 0.15) is 112 Å². The minimum atomic E-state index is -3.43. The molecule has 3 aromatic carbocycles. The van der Waals surface area contributed by atoms with E-state index in [2.05, 4.69) is 131 Å². The molecule has 3 heterocycles. The first-order valence-corrected chi connectivity index (χ1v) is 17.7. The lowest BCUT2D eigenvalue weighted by Crippen LogP contribution is -2.54. The molecule has 0 aromatic heterocycles. The van der Waals surface area contributed by atoms with E-state index in [1.54, 1.807) is 0 Å². The average molecular weight is 586 g/mol. The van der Waals surface area contributed by atoms with Crippen molar-refractivity contribution in [1.82, 2.24) is 4.90 Å². The van der Waals surface area contributed by atoms with E-state index in [0.29, 0.717) is 0 Å². The molecule has 0 atom stereocenters. The Morgan fingerprint density at radius 3 is 1.00 bits per heavy atom. The van der Waals surface area contributed by atoms with Crippen molar-refractivity contribution in [1.29, 1.82) is 0 Å². The lowest BCUT2D eigenvalue weighted by Gasteiger charge is -2.40. The van der Waals surface area contributed by atoms with Gasteiger partial charge in [-0.3, -0.25) is 4.90 Å². The van der Waals surface area contributed by atoms with E-state index in [0.717, 1.165) is 36.9 Å². The number of hydrogen-bond donors (Lipinski definition) is 0. The molecule has 42 heavy (non-hydrogen) atoms. The Labute approximate surface area is 255 Å². The van der Waals surface area contributed by atoms with Crippen molar-refractivity contribution in [2.75, 3.05) is 0 Å². The van der Waals surface area contributed by atoms with Gasteiger partial charge in [-0.2, -0.15) is 0 Å². The first kappa shape index (κ1) is 30.7. The molecule has 0 unspecified atom stereocenters. The quantitative estimate of drug-likeness (QED) is 0.246. The van der Waals surface area contributed by atoms with Gasteiger partial charge in [-0.05, 0) is 53.7 Å². The molecule has 0 radical (unpaired) electrons. The van der Waals surface area contributed by atoms with Gasteiger partial charge in [-0.15, -0.1) is 0 Å². The van der Waals surface area contributed by atoms with Gasteiger partial charge in [0.15, 0.2) is 0 Å². The fraction of sp³-hybridized carbons (Fsp3) is 0.514. The van der Waals surface area contributed by atoms with Crippen LogP contribution < -0.4 is 13.3 Å². The third kappa shape index (κ3) is 6.00. The molecule has 226 valence electrons. The van der Waals surface area contributed by atoms with Gasteiger partial charge < -0.3 is 13.3 Å². The standard InChI is InChI=1S/C37H51NO3Si/c1-23-14-26-20-38-21-27-15-24(2)18-30(36(7,8)9)33(27)40-42(13,39-32(26)29(17-23)35(4,5)6)41-34-28(22-38)16-25(3)19-31(34)37(10,11)12/h14-19H,20-22H2,1-13H3. The van der Waals surface area contributed by atoms with Crippen LogP contribution in [0.2, 0.25) is 6.55 Å². The monoisotopic (exact) mass is 585 g/mol. The normalized spacial score (nSPS) is 20.6. The fourth-order valence-electron chi connectivity index (χ4n) is 6.44. The van der Waals surface area contributed by atoms with Crippen LogP contribution in [-0.2, 0) is 35.9 Å². The minimum absolute atomic E-state index is 0.109. The van der Waals surface area contributed by atoms with Crippen molar-refractivity contribution in [3.8, 4) is 17.2 Å². The van der Waals surface area contributed by atoms with Crippen molar-refractivity contribution in [3.63, 3.8) is 0 Å². The number of hydrogen-bond acceptors (Lipinski definition) is 4. The van der Waals surface area contributed by atoms with Crippen LogP contribution in [0, 0.1) is 20.8 Å². The summed E-state index contributed by atoms with van der Waals surface area (Å²) in [7, 11) is -3.43. The maximum absolute atomic E-state index is 7.27. The zero-order valence-electron chi connectivity index (χ0n) is 28.3. The molecular formula is C37H51NO3Si. The van der Waals surface area contributed by atoms with E-state index in [1.807, 2.05) is 0 Å². The summed E-state index contributed by atoms with van der Waals surface area (Å²) in [6, 6.07) is 13.7. The Morgan fingerprint density at radius 1 is 0.500 bits per heavy atom. The number of nitrogens with zero attached hydrogens (tertiary/aromatic N) is 1. The van der Waals surface area contributed by atoms with Gasteiger partial charge in [0, 0.05) is 42.9 Å². The van der Waals surface area contributed by atoms with E-state index in [9.17, 15) is 0 Å². The van der Waals surface area contributed by atoms with E-state index in [1.165, 1.54) is 50.1 Å². The molecule has 0 N–H and O–H groups in total. The maximum atomic E-state index is 7.27. The highest BCUT2D eigenvalue weighted by Gasteiger charge is 2.48. The molecule has 3 aliphatic heterocycles. The van der Waals surface area contributed by atoms with Crippen LogP contribution in [-0.4, -0.2) is 13.7 Å². The van der Waals surface area contributed by atoms with Crippen LogP contribution in [0.4, 0.5) is 0 Å². The van der Waals surface area contributed by atoms with E-state index >= 15 is 0 Å². The maximum Gasteiger partial charge on any atom is 0.696 e. The molecule has 0 saturated heterocycles. The molecule has 0 aliphatic carbocycles. The summed E-state index contributed by atoms with van der Waals surface area (Å²) in [5.74, 6) is 2.77.